The van der Waals surface area contributed by atoms with Gasteiger partial charge in [0.05, 0.1) is 0 Å². The normalized spacial score (nSPS) is 16.8. The summed E-state index contributed by atoms with van der Waals surface area (Å²) in [7, 11) is 0. The smallest absolute Gasteiger partial charge is 0.252 e. The molecule has 1 saturated heterocycles. The Morgan fingerprint density at radius 3 is 2.88 bits per heavy atom. The maximum Gasteiger partial charge on any atom is 0.252 e. The minimum Gasteiger partial charge on any atom is -0.381 e. The number of aromatic nitrogens is 3. The molecule has 1 atom stereocenters. The van der Waals surface area contributed by atoms with Gasteiger partial charge in [-0.05, 0) is 43.7 Å². The van der Waals surface area contributed by atoms with Gasteiger partial charge in [0.1, 0.15) is 6.04 Å². The molecule has 7 nitrogen and oxygen atoms in total. The molecule has 2 aromatic heterocycles. The first-order valence-electron chi connectivity index (χ1n) is 8.30. The minimum absolute atomic E-state index is 0.137. The molecular formula is C17H22N4O3. The molecule has 0 spiro atoms. The van der Waals surface area contributed by atoms with Crippen LogP contribution < -0.4 is 5.32 Å². The lowest BCUT2D eigenvalue weighted by molar-refractivity contribution is 0.0467. The Labute approximate surface area is 140 Å². The zero-order chi connectivity index (χ0) is 16.9. The summed E-state index contributed by atoms with van der Waals surface area (Å²) in [6.45, 7) is 5.14. The summed E-state index contributed by atoms with van der Waals surface area (Å²) < 4.78 is 10.8. The van der Waals surface area contributed by atoms with Gasteiger partial charge < -0.3 is 14.6 Å². The monoisotopic (exact) mass is 330 g/mol. The third-order valence-electron chi connectivity index (χ3n) is 4.36. The number of hydrogen-bond donors (Lipinski definition) is 1. The van der Waals surface area contributed by atoms with Gasteiger partial charge in [-0.15, -0.1) is 0 Å². The van der Waals surface area contributed by atoms with Crippen LogP contribution in [-0.2, 0) is 11.2 Å². The quantitative estimate of drug-likeness (QED) is 0.904. The molecule has 0 saturated carbocycles. The first kappa shape index (κ1) is 16.6. The fraction of sp³-hybridized carbons (Fsp3) is 0.529. The molecule has 24 heavy (non-hydrogen) atoms. The van der Waals surface area contributed by atoms with Crippen molar-refractivity contribution in [3.8, 4) is 0 Å². The van der Waals surface area contributed by atoms with E-state index in [1.54, 1.807) is 25.4 Å². The molecule has 1 aliphatic rings. The number of carbonyl (C=O) groups is 1. The van der Waals surface area contributed by atoms with Crippen molar-refractivity contribution in [2.75, 3.05) is 13.2 Å². The second kappa shape index (κ2) is 7.53. The zero-order valence-corrected chi connectivity index (χ0v) is 14.0. The lowest BCUT2D eigenvalue weighted by Crippen LogP contribution is -2.36. The van der Waals surface area contributed by atoms with Gasteiger partial charge in [0, 0.05) is 31.2 Å². The van der Waals surface area contributed by atoms with Crippen molar-refractivity contribution in [2.45, 2.75) is 39.2 Å². The Morgan fingerprint density at radius 2 is 2.21 bits per heavy atom. The first-order chi connectivity index (χ1) is 11.7. The summed E-state index contributed by atoms with van der Waals surface area (Å²) in [5, 5.41) is 6.96. The summed E-state index contributed by atoms with van der Waals surface area (Å²) in [6, 6.07) is 1.44. The van der Waals surface area contributed by atoms with Gasteiger partial charge in [-0.2, -0.15) is 4.98 Å². The number of amides is 1. The molecule has 0 bridgehead atoms. The van der Waals surface area contributed by atoms with Crippen molar-refractivity contribution in [2.24, 2.45) is 5.92 Å². The van der Waals surface area contributed by atoms with Crippen LogP contribution in [0.3, 0.4) is 0 Å². The molecule has 3 rings (SSSR count). The van der Waals surface area contributed by atoms with E-state index in [2.05, 4.69) is 20.4 Å². The summed E-state index contributed by atoms with van der Waals surface area (Å²) in [4.78, 5) is 21.2. The Hall–Kier alpha value is -2.28. The van der Waals surface area contributed by atoms with E-state index in [-0.39, 0.29) is 17.9 Å². The van der Waals surface area contributed by atoms with Crippen LogP contribution in [0.5, 0.6) is 0 Å². The molecule has 2 aromatic rings. The summed E-state index contributed by atoms with van der Waals surface area (Å²) in [6.07, 6.45) is 5.81. The van der Waals surface area contributed by atoms with Crippen molar-refractivity contribution >= 4 is 5.91 Å². The van der Waals surface area contributed by atoms with Crippen LogP contribution in [-0.4, -0.2) is 34.2 Å². The predicted octanol–water partition coefficient (Wildman–Crippen LogP) is 2.23. The van der Waals surface area contributed by atoms with Gasteiger partial charge in [-0.3, -0.25) is 9.78 Å². The van der Waals surface area contributed by atoms with Gasteiger partial charge in [0.2, 0.25) is 5.89 Å². The molecule has 128 valence electrons. The summed E-state index contributed by atoms with van der Waals surface area (Å²) >= 11 is 0. The third kappa shape index (κ3) is 3.62. The molecular weight excluding hydrogens is 308 g/mol. The minimum atomic E-state index is -0.305. The molecule has 1 N–H and O–H groups in total. The molecule has 0 aromatic carbocycles. The first-order valence-corrected chi connectivity index (χ1v) is 8.30. The van der Waals surface area contributed by atoms with Gasteiger partial charge >= 0.3 is 0 Å². The van der Waals surface area contributed by atoms with Crippen molar-refractivity contribution < 1.29 is 14.1 Å². The fourth-order valence-electron chi connectivity index (χ4n) is 3.02. The number of hydrogen-bond acceptors (Lipinski definition) is 6. The van der Waals surface area contributed by atoms with Crippen molar-refractivity contribution in [1.29, 1.82) is 0 Å². The van der Waals surface area contributed by atoms with Crippen LogP contribution in [0.4, 0.5) is 0 Å². The van der Waals surface area contributed by atoms with E-state index in [4.69, 9.17) is 9.26 Å². The van der Waals surface area contributed by atoms with Crippen LogP contribution >= 0.6 is 0 Å². The Morgan fingerprint density at radius 1 is 1.42 bits per heavy atom. The zero-order valence-electron chi connectivity index (χ0n) is 14.0. The maximum atomic E-state index is 12.8. The Bertz CT molecular complexity index is 695. The second-order valence-electron chi connectivity index (χ2n) is 5.97. The predicted molar refractivity (Wildman–Crippen MR) is 86.4 cm³/mol. The average Bonchev–Trinajstić information content (AvgIpc) is 3.06. The van der Waals surface area contributed by atoms with Crippen LogP contribution in [0.2, 0.25) is 0 Å². The molecule has 3 heterocycles. The summed E-state index contributed by atoms with van der Waals surface area (Å²) in [5.74, 6) is 1.10. The number of pyridine rings is 1. The maximum absolute atomic E-state index is 12.8. The van der Waals surface area contributed by atoms with E-state index in [9.17, 15) is 4.79 Å². The highest BCUT2D eigenvalue weighted by Crippen LogP contribution is 2.29. The molecule has 1 amide bonds. The standard InChI is InChI=1S/C17H22N4O3/c1-3-12-10-18-7-4-14(12)16(22)20-15(13-5-8-23-9-6-13)17-19-11(2)21-24-17/h4,7,10,13,15H,3,5-6,8-9H2,1-2H3,(H,20,22). The van der Waals surface area contributed by atoms with E-state index in [0.717, 1.165) is 24.8 Å². The lowest BCUT2D eigenvalue weighted by Gasteiger charge is -2.28. The van der Waals surface area contributed by atoms with E-state index in [1.807, 2.05) is 6.92 Å². The molecule has 1 unspecified atom stereocenters. The average molecular weight is 330 g/mol. The van der Waals surface area contributed by atoms with Gasteiger partial charge in [-0.1, -0.05) is 12.1 Å². The number of aryl methyl sites for hydroxylation is 2. The van der Waals surface area contributed by atoms with E-state index in [1.165, 1.54) is 0 Å². The highest BCUT2D eigenvalue weighted by atomic mass is 16.5. The second-order valence-corrected chi connectivity index (χ2v) is 5.97. The molecule has 0 aliphatic carbocycles. The van der Waals surface area contributed by atoms with Gasteiger partial charge in [0.25, 0.3) is 5.91 Å². The van der Waals surface area contributed by atoms with Crippen molar-refractivity contribution in [3.05, 3.63) is 41.3 Å². The lowest BCUT2D eigenvalue weighted by atomic mass is 9.91. The number of carbonyl (C=O) groups excluding carboxylic acids is 1. The molecule has 7 heteroatoms. The number of nitrogens with one attached hydrogen (secondary N) is 1. The van der Waals surface area contributed by atoms with E-state index < -0.39 is 0 Å². The molecule has 1 fully saturated rings. The van der Waals surface area contributed by atoms with Gasteiger partial charge in [-0.25, -0.2) is 0 Å². The molecule has 1 aliphatic heterocycles. The highest BCUT2D eigenvalue weighted by Gasteiger charge is 2.31. The van der Waals surface area contributed by atoms with Crippen LogP contribution in [0.1, 0.15) is 53.4 Å². The largest absolute Gasteiger partial charge is 0.381 e. The van der Waals surface area contributed by atoms with Gasteiger partial charge in [0.15, 0.2) is 5.82 Å². The highest BCUT2D eigenvalue weighted by molar-refractivity contribution is 5.95. The fourth-order valence-corrected chi connectivity index (χ4v) is 3.02. The third-order valence-corrected chi connectivity index (χ3v) is 4.36. The number of nitrogens with zero attached hydrogens (tertiary/aromatic N) is 3. The SMILES string of the molecule is CCc1cnccc1C(=O)NC(c1nc(C)no1)C1CCOCC1. The van der Waals surface area contributed by atoms with E-state index in [0.29, 0.717) is 30.5 Å². The topological polar surface area (TPSA) is 90.1 Å². The van der Waals surface area contributed by atoms with Crippen LogP contribution in [0, 0.1) is 12.8 Å². The van der Waals surface area contributed by atoms with E-state index >= 15 is 0 Å². The van der Waals surface area contributed by atoms with Crippen molar-refractivity contribution in [3.63, 3.8) is 0 Å². The van der Waals surface area contributed by atoms with Crippen LogP contribution in [0.25, 0.3) is 0 Å². The Balaban J connectivity index is 1.84. The summed E-state index contributed by atoms with van der Waals surface area (Å²) in [5.41, 5.74) is 1.56. The number of rotatable bonds is 5. The van der Waals surface area contributed by atoms with Crippen LogP contribution in [0.15, 0.2) is 23.0 Å². The Kier molecular flexibility index (Phi) is 5.20. The van der Waals surface area contributed by atoms with Crippen molar-refractivity contribution in [1.82, 2.24) is 20.4 Å². The number of ether oxygens (including phenoxy) is 1. The molecule has 0 radical (unpaired) electrons.